The highest BCUT2D eigenvalue weighted by Crippen LogP contribution is 2.20. The molecule has 0 bridgehead atoms. The Labute approximate surface area is 157 Å². The predicted molar refractivity (Wildman–Crippen MR) is 102 cm³/mol. The van der Waals surface area contributed by atoms with Crippen molar-refractivity contribution in [3.05, 3.63) is 59.9 Å². The van der Waals surface area contributed by atoms with E-state index in [9.17, 15) is 17.6 Å². The van der Waals surface area contributed by atoms with Crippen LogP contribution in [0.4, 0.5) is 10.1 Å². The molecule has 27 heavy (non-hydrogen) atoms. The quantitative estimate of drug-likeness (QED) is 0.497. The molecule has 1 heterocycles. The molecule has 0 radical (unpaired) electrons. The summed E-state index contributed by atoms with van der Waals surface area (Å²) in [5, 5.41) is 3.17. The molecule has 0 aliphatic carbocycles. The molecule has 2 aromatic carbocycles. The minimum absolute atomic E-state index is 0.454. The number of amides is 1. The SMILES string of the molecule is Cc1ccc(N/N=C(\C(=O)N2CCCC2)S(=O)(=O)c2ccccc2F)cc1. The third-order valence-electron chi connectivity index (χ3n) is 4.30. The number of sulfone groups is 1. The molecule has 1 aliphatic heterocycles. The molecule has 3 rings (SSSR count). The first-order valence-corrected chi connectivity index (χ1v) is 10.1. The lowest BCUT2D eigenvalue weighted by molar-refractivity contribution is -0.122. The van der Waals surface area contributed by atoms with E-state index in [2.05, 4.69) is 10.5 Å². The van der Waals surface area contributed by atoms with Crippen LogP contribution in [0.25, 0.3) is 0 Å². The van der Waals surface area contributed by atoms with E-state index in [0.717, 1.165) is 30.5 Å². The lowest BCUT2D eigenvalue weighted by atomic mass is 10.2. The van der Waals surface area contributed by atoms with Crippen molar-refractivity contribution in [1.82, 2.24) is 4.90 Å². The number of halogens is 1. The second kappa shape index (κ2) is 7.87. The van der Waals surface area contributed by atoms with E-state index in [4.69, 9.17) is 0 Å². The summed E-state index contributed by atoms with van der Waals surface area (Å²) in [6.07, 6.45) is 1.59. The minimum Gasteiger partial charge on any atom is -0.337 e. The van der Waals surface area contributed by atoms with E-state index in [1.165, 1.54) is 17.0 Å². The Balaban J connectivity index is 2.01. The molecule has 0 spiro atoms. The highest BCUT2D eigenvalue weighted by atomic mass is 32.2. The zero-order valence-corrected chi connectivity index (χ0v) is 15.7. The Hall–Kier alpha value is -2.74. The number of aryl methyl sites for hydroxylation is 1. The number of benzene rings is 2. The Bertz CT molecular complexity index is 966. The van der Waals surface area contributed by atoms with Gasteiger partial charge in [0.2, 0.25) is 14.9 Å². The molecule has 1 amide bonds. The largest absolute Gasteiger partial charge is 0.337 e. The third kappa shape index (κ3) is 4.16. The van der Waals surface area contributed by atoms with Crippen molar-refractivity contribution in [1.29, 1.82) is 0 Å². The summed E-state index contributed by atoms with van der Waals surface area (Å²) < 4.78 is 40.1. The first-order valence-electron chi connectivity index (χ1n) is 8.59. The zero-order chi connectivity index (χ0) is 19.4. The van der Waals surface area contributed by atoms with Crippen LogP contribution in [0.5, 0.6) is 0 Å². The minimum atomic E-state index is -4.43. The average molecular weight is 389 g/mol. The number of hydrazone groups is 1. The monoisotopic (exact) mass is 389 g/mol. The standard InChI is InChI=1S/C19H20FN3O3S/c1-14-8-10-15(11-9-14)21-22-18(19(24)23-12-4-5-13-23)27(25,26)17-7-3-2-6-16(17)20/h2-3,6-11,21H,4-5,12-13H2,1H3/b22-18+. The molecule has 6 nitrogen and oxygen atoms in total. The van der Waals surface area contributed by atoms with Gasteiger partial charge in [-0.3, -0.25) is 10.2 Å². The van der Waals surface area contributed by atoms with Crippen molar-refractivity contribution in [3.8, 4) is 0 Å². The van der Waals surface area contributed by atoms with Gasteiger partial charge in [0.05, 0.1) is 5.69 Å². The molecule has 0 saturated carbocycles. The normalized spacial score (nSPS) is 15.0. The van der Waals surface area contributed by atoms with Gasteiger partial charge in [-0.2, -0.15) is 5.10 Å². The number of rotatable bonds is 3. The van der Waals surface area contributed by atoms with Gasteiger partial charge in [-0.25, -0.2) is 12.8 Å². The van der Waals surface area contributed by atoms with Crippen LogP contribution in [0.1, 0.15) is 18.4 Å². The molecule has 8 heteroatoms. The number of likely N-dealkylation sites (tertiary alicyclic amines) is 1. The molecule has 0 unspecified atom stereocenters. The molecule has 1 fully saturated rings. The van der Waals surface area contributed by atoms with E-state index in [-0.39, 0.29) is 0 Å². The Kier molecular flexibility index (Phi) is 5.55. The number of nitrogens with zero attached hydrogens (tertiary/aromatic N) is 2. The van der Waals surface area contributed by atoms with Crippen LogP contribution in [-0.2, 0) is 14.6 Å². The summed E-state index contributed by atoms with van der Waals surface area (Å²) in [5.74, 6) is -1.65. The summed E-state index contributed by atoms with van der Waals surface area (Å²) in [4.78, 5) is 13.7. The number of nitrogens with one attached hydrogen (secondary N) is 1. The van der Waals surface area contributed by atoms with Crippen LogP contribution in [0.15, 0.2) is 58.5 Å². The first kappa shape index (κ1) is 19.0. The molecule has 0 atom stereocenters. The van der Waals surface area contributed by atoms with Gasteiger partial charge in [0, 0.05) is 13.1 Å². The van der Waals surface area contributed by atoms with Crippen molar-refractivity contribution in [2.24, 2.45) is 5.10 Å². The highest BCUT2D eigenvalue weighted by molar-refractivity contribution is 8.08. The van der Waals surface area contributed by atoms with Crippen molar-refractivity contribution in [3.63, 3.8) is 0 Å². The van der Waals surface area contributed by atoms with Gasteiger partial charge in [0.15, 0.2) is 0 Å². The molecule has 142 valence electrons. The van der Waals surface area contributed by atoms with Crippen LogP contribution >= 0.6 is 0 Å². The molecular weight excluding hydrogens is 369 g/mol. The van der Waals surface area contributed by atoms with E-state index in [0.29, 0.717) is 18.8 Å². The second-order valence-corrected chi connectivity index (χ2v) is 8.16. The van der Waals surface area contributed by atoms with Crippen molar-refractivity contribution < 1.29 is 17.6 Å². The van der Waals surface area contributed by atoms with Gasteiger partial charge < -0.3 is 4.90 Å². The summed E-state index contributed by atoms with van der Waals surface area (Å²) in [6.45, 7) is 2.82. The number of hydrogen-bond acceptors (Lipinski definition) is 5. The topological polar surface area (TPSA) is 78.8 Å². The van der Waals surface area contributed by atoms with Gasteiger partial charge in [-0.05, 0) is 44.0 Å². The molecule has 1 N–H and O–H groups in total. The number of carbonyl (C=O) groups is 1. The third-order valence-corrected chi connectivity index (χ3v) is 5.98. The summed E-state index contributed by atoms with van der Waals surface area (Å²) in [7, 11) is -4.43. The van der Waals surface area contributed by atoms with Gasteiger partial charge in [0.1, 0.15) is 10.7 Å². The molecule has 1 aliphatic rings. The van der Waals surface area contributed by atoms with Crippen molar-refractivity contribution >= 4 is 26.5 Å². The molecule has 0 aromatic heterocycles. The van der Waals surface area contributed by atoms with Crippen LogP contribution in [0.3, 0.4) is 0 Å². The molecular formula is C19H20FN3O3S. The van der Waals surface area contributed by atoms with Gasteiger partial charge in [-0.1, -0.05) is 29.8 Å². The fraction of sp³-hybridized carbons (Fsp3) is 0.263. The smallest absolute Gasteiger partial charge is 0.286 e. The van der Waals surface area contributed by atoms with Crippen LogP contribution < -0.4 is 5.43 Å². The van der Waals surface area contributed by atoms with Gasteiger partial charge >= 0.3 is 0 Å². The Morgan fingerprint density at radius 1 is 1.07 bits per heavy atom. The van der Waals surface area contributed by atoms with Crippen LogP contribution in [-0.4, -0.2) is 37.4 Å². The van der Waals surface area contributed by atoms with E-state index < -0.39 is 31.5 Å². The van der Waals surface area contributed by atoms with Gasteiger partial charge in [-0.15, -0.1) is 0 Å². The fourth-order valence-electron chi connectivity index (χ4n) is 2.79. The maximum Gasteiger partial charge on any atom is 0.286 e. The van der Waals surface area contributed by atoms with Crippen LogP contribution in [0.2, 0.25) is 0 Å². The average Bonchev–Trinajstić information content (AvgIpc) is 3.18. The Morgan fingerprint density at radius 2 is 1.70 bits per heavy atom. The van der Waals surface area contributed by atoms with Crippen molar-refractivity contribution in [2.45, 2.75) is 24.7 Å². The van der Waals surface area contributed by atoms with Crippen molar-refractivity contribution in [2.75, 3.05) is 18.5 Å². The number of hydrogen-bond donors (Lipinski definition) is 1. The highest BCUT2D eigenvalue weighted by Gasteiger charge is 2.35. The molecule has 1 saturated heterocycles. The fourth-order valence-corrected chi connectivity index (χ4v) is 4.10. The zero-order valence-electron chi connectivity index (χ0n) is 14.9. The maximum atomic E-state index is 14.1. The summed E-state index contributed by atoms with van der Waals surface area (Å²) in [5.41, 5.74) is 4.16. The predicted octanol–water partition coefficient (Wildman–Crippen LogP) is 2.96. The maximum absolute atomic E-state index is 14.1. The Morgan fingerprint density at radius 3 is 2.33 bits per heavy atom. The molecule has 2 aromatic rings. The van der Waals surface area contributed by atoms with Crippen LogP contribution in [0, 0.1) is 12.7 Å². The van der Waals surface area contributed by atoms with E-state index in [1.807, 2.05) is 19.1 Å². The van der Waals surface area contributed by atoms with E-state index in [1.54, 1.807) is 12.1 Å². The summed E-state index contributed by atoms with van der Waals surface area (Å²) >= 11 is 0. The second-order valence-electron chi connectivity index (χ2n) is 6.33. The lowest BCUT2D eigenvalue weighted by Crippen LogP contribution is -2.39. The first-order chi connectivity index (χ1) is 12.9. The van der Waals surface area contributed by atoms with Gasteiger partial charge in [0.25, 0.3) is 5.91 Å². The lowest BCUT2D eigenvalue weighted by Gasteiger charge is -2.17. The number of carbonyl (C=O) groups excluding carboxylic acids is 1. The summed E-state index contributed by atoms with van der Waals surface area (Å²) in [6, 6.07) is 12.0. The number of anilines is 1. The van der Waals surface area contributed by atoms with E-state index >= 15 is 0 Å².